The lowest BCUT2D eigenvalue weighted by Gasteiger charge is -2.37. The molecule has 8 nitrogen and oxygen atoms in total. The third kappa shape index (κ3) is 3.63. The van der Waals surface area contributed by atoms with Gasteiger partial charge in [0.15, 0.2) is 0 Å². The third-order valence-corrected chi connectivity index (χ3v) is 5.46. The summed E-state index contributed by atoms with van der Waals surface area (Å²) >= 11 is 0. The van der Waals surface area contributed by atoms with E-state index >= 15 is 0 Å². The average Bonchev–Trinajstić information content (AvgIpc) is 2.61. The molecule has 2 N–H and O–H groups in total. The van der Waals surface area contributed by atoms with E-state index in [2.05, 4.69) is 24.0 Å². The lowest BCUT2D eigenvalue weighted by molar-refractivity contribution is -0.384. The number of primary sulfonamides is 1. The Bertz CT molecular complexity index is 938. The molecule has 0 bridgehead atoms. The van der Waals surface area contributed by atoms with Crippen LogP contribution in [-0.4, -0.2) is 39.5 Å². The summed E-state index contributed by atoms with van der Waals surface area (Å²) in [4.78, 5) is 14.7. The number of aryl methyl sites for hydroxylation is 1. The number of nitro benzene ring substituents is 1. The molecule has 1 aliphatic rings. The van der Waals surface area contributed by atoms with E-state index in [0.717, 1.165) is 24.8 Å². The molecule has 1 aliphatic heterocycles. The Morgan fingerprint density at radius 2 is 1.58 bits per heavy atom. The SMILES string of the molecule is Cc1ccccc1N1CCN(c2ccc(S(N)(=O)=O)cc2[N+](=O)[O-])CC1. The van der Waals surface area contributed by atoms with Gasteiger partial charge in [-0.05, 0) is 30.7 Å². The molecule has 2 aromatic rings. The van der Waals surface area contributed by atoms with E-state index in [1.165, 1.54) is 17.7 Å². The number of hydrogen-bond donors (Lipinski definition) is 1. The standard InChI is InChI=1S/C17H20N4O4S/c1-13-4-2-3-5-15(13)19-8-10-20(11-9-19)16-7-6-14(26(18,24)25)12-17(16)21(22)23/h2-7,12H,8-11H2,1H3,(H2,18,24,25). The van der Waals surface area contributed by atoms with Crippen molar-refractivity contribution < 1.29 is 13.3 Å². The summed E-state index contributed by atoms with van der Waals surface area (Å²) in [6.07, 6.45) is 0. The Balaban J connectivity index is 1.83. The Morgan fingerprint density at radius 3 is 2.12 bits per heavy atom. The number of rotatable bonds is 4. The Labute approximate surface area is 152 Å². The van der Waals surface area contributed by atoms with Crippen LogP contribution in [0, 0.1) is 17.0 Å². The molecule has 0 atom stereocenters. The summed E-state index contributed by atoms with van der Waals surface area (Å²) in [6, 6.07) is 11.9. The second kappa shape index (κ2) is 6.93. The van der Waals surface area contributed by atoms with Gasteiger partial charge in [0.1, 0.15) is 5.69 Å². The molecule has 0 radical (unpaired) electrons. The highest BCUT2D eigenvalue weighted by Crippen LogP contribution is 2.32. The molecule has 0 saturated carbocycles. The van der Waals surface area contributed by atoms with E-state index in [1.807, 2.05) is 17.0 Å². The van der Waals surface area contributed by atoms with Gasteiger partial charge in [-0.3, -0.25) is 10.1 Å². The number of nitro groups is 1. The minimum atomic E-state index is -3.99. The van der Waals surface area contributed by atoms with Crippen molar-refractivity contribution in [2.24, 2.45) is 5.14 Å². The highest BCUT2D eigenvalue weighted by atomic mass is 32.2. The number of nitrogens with zero attached hydrogens (tertiary/aromatic N) is 3. The van der Waals surface area contributed by atoms with Crippen LogP contribution in [0.15, 0.2) is 47.4 Å². The van der Waals surface area contributed by atoms with Crippen LogP contribution in [0.25, 0.3) is 0 Å². The number of sulfonamides is 1. The fourth-order valence-electron chi connectivity index (χ4n) is 3.20. The molecule has 138 valence electrons. The molecule has 1 saturated heterocycles. The summed E-state index contributed by atoms with van der Waals surface area (Å²) in [5.41, 5.74) is 2.50. The van der Waals surface area contributed by atoms with Crippen molar-refractivity contribution in [2.75, 3.05) is 36.0 Å². The molecule has 2 aromatic carbocycles. The average molecular weight is 376 g/mol. The number of nitrogens with two attached hydrogens (primary N) is 1. The van der Waals surface area contributed by atoms with E-state index < -0.39 is 14.9 Å². The molecular formula is C17H20N4O4S. The van der Waals surface area contributed by atoms with Crippen LogP contribution >= 0.6 is 0 Å². The molecule has 9 heteroatoms. The van der Waals surface area contributed by atoms with Crippen LogP contribution in [0.1, 0.15) is 5.56 Å². The molecule has 3 rings (SSSR count). The summed E-state index contributed by atoms with van der Waals surface area (Å²) < 4.78 is 22.9. The molecule has 0 spiro atoms. The normalized spacial score (nSPS) is 15.2. The van der Waals surface area contributed by atoms with Gasteiger partial charge in [-0.1, -0.05) is 18.2 Å². The second-order valence-electron chi connectivity index (χ2n) is 6.21. The molecular weight excluding hydrogens is 356 g/mol. The fourth-order valence-corrected chi connectivity index (χ4v) is 3.73. The Morgan fingerprint density at radius 1 is 1.00 bits per heavy atom. The van der Waals surface area contributed by atoms with E-state index in [9.17, 15) is 18.5 Å². The second-order valence-corrected chi connectivity index (χ2v) is 7.77. The lowest BCUT2D eigenvalue weighted by Crippen LogP contribution is -2.47. The molecule has 0 aliphatic carbocycles. The Hall–Kier alpha value is -2.65. The first-order chi connectivity index (χ1) is 12.3. The van der Waals surface area contributed by atoms with Crippen LogP contribution < -0.4 is 14.9 Å². The zero-order chi connectivity index (χ0) is 18.9. The topological polar surface area (TPSA) is 110 Å². The van der Waals surface area contributed by atoms with E-state index in [1.54, 1.807) is 0 Å². The Kier molecular flexibility index (Phi) is 4.84. The number of anilines is 2. The molecule has 26 heavy (non-hydrogen) atoms. The highest BCUT2D eigenvalue weighted by molar-refractivity contribution is 7.89. The quantitative estimate of drug-likeness (QED) is 0.644. The zero-order valence-electron chi connectivity index (χ0n) is 14.3. The summed E-state index contributed by atoms with van der Waals surface area (Å²) in [5, 5.41) is 16.5. The van der Waals surface area contributed by atoms with Crippen LogP contribution in [0.5, 0.6) is 0 Å². The van der Waals surface area contributed by atoms with E-state index in [-0.39, 0.29) is 10.6 Å². The smallest absolute Gasteiger partial charge is 0.293 e. The molecule has 0 amide bonds. The predicted octanol–water partition coefficient (Wildman–Crippen LogP) is 1.88. The van der Waals surface area contributed by atoms with Crippen molar-refractivity contribution in [1.29, 1.82) is 0 Å². The van der Waals surface area contributed by atoms with Crippen molar-refractivity contribution in [2.45, 2.75) is 11.8 Å². The van der Waals surface area contributed by atoms with Crippen molar-refractivity contribution in [3.05, 3.63) is 58.1 Å². The van der Waals surface area contributed by atoms with Gasteiger partial charge >= 0.3 is 0 Å². The first-order valence-corrected chi connectivity index (χ1v) is 9.69. The maximum Gasteiger partial charge on any atom is 0.293 e. The maximum atomic E-state index is 11.5. The monoisotopic (exact) mass is 376 g/mol. The number of hydrogen-bond acceptors (Lipinski definition) is 6. The summed E-state index contributed by atoms with van der Waals surface area (Å²) in [6.45, 7) is 4.70. The van der Waals surface area contributed by atoms with Gasteiger partial charge in [0, 0.05) is 37.9 Å². The van der Waals surface area contributed by atoms with Gasteiger partial charge < -0.3 is 9.80 Å². The van der Waals surface area contributed by atoms with Crippen molar-refractivity contribution in [1.82, 2.24) is 0 Å². The van der Waals surface area contributed by atoms with E-state index in [0.29, 0.717) is 18.8 Å². The van der Waals surface area contributed by atoms with Crippen LogP contribution in [0.3, 0.4) is 0 Å². The number of piperazine rings is 1. The largest absolute Gasteiger partial charge is 0.368 e. The first kappa shape index (κ1) is 18.2. The highest BCUT2D eigenvalue weighted by Gasteiger charge is 2.26. The van der Waals surface area contributed by atoms with Crippen LogP contribution in [0.2, 0.25) is 0 Å². The predicted molar refractivity (Wildman–Crippen MR) is 100 cm³/mol. The van der Waals surface area contributed by atoms with Gasteiger partial charge in [0.05, 0.1) is 9.82 Å². The van der Waals surface area contributed by atoms with Crippen molar-refractivity contribution in [3.63, 3.8) is 0 Å². The first-order valence-electron chi connectivity index (χ1n) is 8.14. The lowest BCUT2D eigenvalue weighted by atomic mass is 10.1. The summed E-state index contributed by atoms with van der Waals surface area (Å²) in [5.74, 6) is 0. The van der Waals surface area contributed by atoms with Gasteiger partial charge in [-0.25, -0.2) is 13.6 Å². The minimum Gasteiger partial charge on any atom is -0.368 e. The minimum absolute atomic E-state index is 0.249. The molecule has 1 heterocycles. The third-order valence-electron chi connectivity index (χ3n) is 4.55. The van der Waals surface area contributed by atoms with Crippen LogP contribution in [-0.2, 0) is 10.0 Å². The van der Waals surface area contributed by atoms with Gasteiger partial charge in [-0.15, -0.1) is 0 Å². The van der Waals surface area contributed by atoms with Gasteiger partial charge in [0.25, 0.3) is 5.69 Å². The van der Waals surface area contributed by atoms with Gasteiger partial charge in [0.2, 0.25) is 10.0 Å². The molecule has 0 aromatic heterocycles. The summed E-state index contributed by atoms with van der Waals surface area (Å²) in [7, 11) is -3.99. The fraction of sp³-hybridized carbons (Fsp3) is 0.294. The molecule has 1 fully saturated rings. The molecule has 0 unspecified atom stereocenters. The zero-order valence-corrected chi connectivity index (χ0v) is 15.1. The van der Waals surface area contributed by atoms with Crippen molar-refractivity contribution in [3.8, 4) is 0 Å². The van der Waals surface area contributed by atoms with Gasteiger partial charge in [-0.2, -0.15) is 0 Å². The van der Waals surface area contributed by atoms with E-state index in [4.69, 9.17) is 5.14 Å². The van der Waals surface area contributed by atoms with Crippen molar-refractivity contribution >= 4 is 27.1 Å². The maximum absolute atomic E-state index is 11.5. The van der Waals surface area contributed by atoms with Crippen LogP contribution in [0.4, 0.5) is 17.1 Å². The number of para-hydroxylation sites is 1. The number of benzene rings is 2.